The van der Waals surface area contributed by atoms with E-state index < -0.39 is 23.3 Å². The first-order valence-electron chi connectivity index (χ1n) is 8.54. The maximum atomic E-state index is 13.7. The molecule has 5 nitrogen and oxygen atoms in total. The van der Waals surface area contributed by atoms with Crippen molar-refractivity contribution in [1.29, 1.82) is 0 Å². The van der Waals surface area contributed by atoms with Gasteiger partial charge in [0, 0.05) is 12.1 Å². The van der Waals surface area contributed by atoms with Crippen molar-refractivity contribution in [2.24, 2.45) is 0 Å². The van der Waals surface area contributed by atoms with Gasteiger partial charge in [-0.25, -0.2) is 4.68 Å². The lowest BCUT2D eigenvalue weighted by molar-refractivity contribution is -0.143. The number of hydrogen-bond donors (Lipinski definition) is 2. The monoisotopic (exact) mass is 366 g/mol. The van der Waals surface area contributed by atoms with Crippen LogP contribution >= 0.6 is 0 Å². The molecule has 0 saturated carbocycles. The fraction of sp³-hybridized carbons (Fsp3) is 0.444. The van der Waals surface area contributed by atoms with E-state index in [4.69, 9.17) is 0 Å². The average Bonchev–Trinajstić information content (AvgIpc) is 3.03. The first kappa shape index (κ1) is 18.4. The normalized spacial score (nSPS) is 20.8. The summed E-state index contributed by atoms with van der Waals surface area (Å²) < 4.78 is 41.8. The van der Waals surface area contributed by atoms with Crippen molar-refractivity contribution >= 4 is 5.91 Å². The molecule has 0 radical (unpaired) electrons. The van der Waals surface area contributed by atoms with E-state index in [0.717, 1.165) is 35.8 Å². The molecule has 1 fully saturated rings. The van der Waals surface area contributed by atoms with Crippen LogP contribution in [0.1, 0.15) is 41.4 Å². The van der Waals surface area contributed by atoms with Crippen LogP contribution in [0.25, 0.3) is 5.69 Å². The third kappa shape index (κ3) is 3.75. The Hall–Kier alpha value is -2.35. The zero-order chi connectivity index (χ0) is 18.9. The van der Waals surface area contributed by atoms with Crippen molar-refractivity contribution in [3.8, 4) is 5.69 Å². The third-order valence-corrected chi connectivity index (χ3v) is 4.64. The lowest BCUT2D eigenvalue weighted by atomic mass is 9.99. The molecule has 1 aromatic carbocycles. The highest BCUT2D eigenvalue weighted by atomic mass is 19.4. The minimum Gasteiger partial charge on any atom is -0.348 e. The van der Waals surface area contributed by atoms with E-state index in [1.54, 1.807) is 24.3 Å². The number of carbonyl (C=O) groups is 1. The Bertz CT molecular complexity index is 783. The Labute approximate surface area is 149 Å². The van der Waals surface area contributed by atoms with Gasteiger partial charge in [0.15, 0.2) is 5.69 Å². The summed E-state index contributed by atoms with van der Waals surface area (Å²) in [5.74, 6) is -0.753. The Morgan fingerprint density at radius 3 is 2.62 bits per heavy atom. The van der Waals surface area contributed by atoms with E-state index in [1.165, 1.54) is 0 Å². The minimum absolute atomic E-state index is 0.00850. The SMILES string of the molecule is Cc1ccc(-n2ncc(C(=O)NC3CCCNC3C)c2C(F)(F)F)cc1. The second-order valence-corrected chi connectivity index (χ2v) is 6.62. The number of hydrogen-bond acceptors (Lipinski definition) is 3. The number of piperidine rings is 1. The van der Waals surface area contributed by atoms with Crippen LogP contribution in [0.4, 0.5) is 13.2 Å². The smallest absolute Gasteiger partial charge is 0.348 e. The van der Waals surface area contributed by atoms with Gasteiger partial charge in [-0.1, -0.05) is 17.7 Å². The summed E-state index contributed by atoms with van der Waals surface area (Å²) >= 11 is 0. The maximum absolute atomic E-state index is 13.7. The molecule has 2 unspecified atom stereocenters. The van der Waals surface area contributed by atoms with Crippen molar-refractivity contribution in [1.82, 2.24) is 20.4 Å². The molecule has 3 rings (SSSR count). The summed E-state index contributed by atoms with van der Waals surface area (Å²) in [7, 11) is 0. The molecule has 2 heterocycles. The van der Waals surface area contributed by atoms with Crippen molar-refractivity contribution < 1.29 is 18.0 Å². The summed E-state index contributed by atoms with van der Waals surface area (Å²) in [6, 6.07) is 6.30. The number of carbonyl (C=O) groups excluding carboxylic acids is 1. The van der Waals surface area contributed by atoms with E-state index in [-0.39, 0.29) is 17.8 Å². The van der Waals surface area contributed by atoms with Crippen LogP contribution in [0, 0.1) is 6.92 Å². The number of rotatable bonds is 3. The number of nitrogens with zero attached hydrogens (tertiary/aromatic N) is 2. The van der Waals surface area contributed by atoms with E-state index >= 15 is 0 Å². The molecule has 1 aromatic heterocycles. The van der Waals surface area contributed by atoms with Crippen LogP contribution in [0.2, 0.25) is 0 Å². The standard InChI is InChI=1S/C18H21F3N4O/c1-11-5-7-13(8-6-11)25-16(18(19,20)21)14(10-23-25)17(26)24-15-4-3-9-22-12(15)2/h5-8,10,12,15,22H,3-4,9H2,1-2H3,(H,24,26). The summed E-state index contributed by atoms with van der Waals surface area (Å²) in [4.78, 5) is 12.5. The zero-order valence-electron chi connectivity index (χ0n) is 14.6. The molecule has 1 amide bonds. The van der Waals surface area contributed by atoms with Gasteiger partial charge in [0.1, 0.15) is 0 Å². The number of alkyl halides is 3. The van der Waals surface area contributed by atoms with Crippen molar-refractivity contribution in [3.05, 3.63) is 47.3 Å². The van der Waals surface area contributed by atoms with Crippen molar-refractivity contribution in [2.45, 2.75) is 44.9 Å². The first-order chi connectivity index (χ1) is 12.3. The average molecular weight is 366 g/mol. The highest BCUT2D eigenvalue weighted by molar-refractivity contribution is 5.95. The molecule has 1 aliphatic rings. The van der Waals surface area contributed by atoms with Crippen molar-refractivity contribution in [2.75, 3.05) is 6.54 Å². The summed E-state index contributed by atoms with van der Waals surface area (Å²) in [6.07, 6.45) is -2.12. The van der Waals surface area contributed by atoms with Gasteiger partial charge >= 0.3 is 6.18 Å². The quantitative estimate of drug-likeness (QED) is 0.878. The van der Waals surface area contributed by atoms with Gasteiger partial charge in [-0.05, 0) is 45.4 Å². The Balaban J connectivity index is 1.94. The van der Waals surface area contributed by atoms with Crippen LogP contribution in [0.5, 0.6) is 0 Å². The second-order valence-electron chi connectivity index (χ2n) is 6.62. The fourth-order valence-electron chi connectivity index (χ4n) is 3.16. The molecule has 0 aliphatic carbocycles. The molecular formula is C18H21F3N4O. The number of aromatic nitrogens is 2. The van der Waals surface area contributed by atoms with E-state index in [2.05, 4.69) is 15.7 Å². The highest BCUT2D eigenvalue weighted by Crippen LogP contribution is 2.33. The van der Waals surface area contributed by atoms with E-state index in [1.807, 2.05) is 13.8 Å². The van der Waals surface area contributed by atoms with Gasteiger partial charge in [0.25, 0.3) is 5.91 Å². The Morgan fingerprint density at radius 1 is 1.31 bits per heavy atom. The third-order valence-electron chi connectivity index (χ3n) is 4.64. The van der Waals surface area contributed by atoms with Gasteiger partial charge < -0.3 is 10.6 Å². The number of nitrogens with one attached hydrogen (secondary N) is 2. The molecule has 8 heteroatoms. The molecule has 0 bridgehead atoms. The lowest BCUT2D eigenvalue weighted by Crippen LogP contribution is -2.52. The van der Waals surface area contributed by atoms with Crippen molar-refractivity contribution in [3.63, 3.8) is 0 Å². The van der Waals surface area contributed by atoms with Crippen LogP contribution in [0.3, 0.4) is 0 Å². The molecule has 2 aromatic rings. The van der Waals surface area contributed by atoms with Crippen LogP contribution in [0.15, 0.2) is 30.5 Å². The van der Waals surface area contributed by atoms with Gasteiger partial charge in [-0.2, -0.15) is 18.3 Å². The predicted molar refractivity (Wildman–Crippen MR) is 91.3 cm³/mol. The maximum Gasteiger partial charge on any atom is 0.434 e. The Kier molecular flexibility index (Phi) is 5.04. The van der Waals surface area contributed by atoms with Crippen LogP contribution in [-0.2, 0) is 6.18 Å². The number of halogens is 3. The number of benzene rings is 1. The van der Waals surface area contributed by atoms with Crippen LogP contribution in [-0.4, -0.2) is 34.3 Å². The topological polar surface area (TPSA) is 59.0 Å². The summed E-state index contributed by atoms with van der Waals surface area (Å²) in [5.41, 5.74) is -0.341. The second kappa shape index (κ2) is 7.11. The minimum atomic E-state index is -4.70. The summed E-state index contributed by atoms with van der Waals surface area (Å²) in [6.45, 7) is 4.59. The Morgan fingerprint density at radius 2 is 2.00 bits per heavy atom. The van der Waals surface area contributed by atoms with E-state index in [0.29, 0.717) is 0 Å². The lowest BCUT2D eigenvalue weighted by Gasteiger charge is -2.30. The molecule has 2 N–H and O–H groups in total. The predicted octanol–water partition coefficient (Wildman–Crippen LogP) is 3.07. The number of aryl methyl sites for hydroxylation is 1. The van der Waals surface area contributed by atoms with Gasteiger partial charge in [-0.15, -0.1) is 0 Å². The fourth-order valence-corrected chi connectivity index (χ4v) is 3.16. The summed E-state index contributed by atoms with van der Waals surface area (Å²) in [5, 5.41) is 9.76. The van der Waals surface area contributed by atoms with Gasteiger partial charge in [-0.3, -0.25) is 4.79 Å². The molecular weight excluding hydrogens is 345 g/mol. The molecule has 1 saturated heterocycles. The first-order valence-corrected chi connectivity index (χ1v) is 8.54. The molecule has 0 spiro atoms. The van der Waals surface area contributed by atoms with E-state index in [9.17, 15) is 18.0 Å². The zero-order valence-corrected chi connectivity index (χ0v) is 14.6. The highest BCUT2D eigenvalue weighted by Gasteiger charge is 2.41. The molecule has 140 valence electrons. The largest absolute Gasteiger partial charge is 0.434 e. The van der Waals surface area contributed by atoms with Crippen LogP contribution < -0.4 is 10.6 Å². The molecule has 26 heavy (non-hydrogen) atoms. The van der Waals surface area contributed by atoms with Gasteiger partial charge in [0.2, 0.25) is 0 Å². The number of amides is 1. The van der Waals surface area contributed by atoms with Gasteiger partial charge in [0.05, 0.1) is 17.4 Å². The molecule has 2 atom stereocenters. The molecule has 1 aliphatic heterocycles.